The molecular formula is C23H29N3O2. The van der Waals surface area contributed by atoms with Gasteiger partial charge in [0.15, 0.2) is 0 Å². The number of benzene rings is 2. The molecule has 5 heteroatoms. The molecule has 0 saturated carbocycles. The lowest BCUT2D eigenvalue weighted by Gasteiger charge is -2.35. The molecule has 1 N–H and O–H groups in total. The molecule has 3 rings (SSSR count). The van der Waals surface area contributed by atoms with Crippen molar-refractivity contribution < 1.29 is 9.59 Å². The number of hydrogen-bond donors (Lipinski definition) is 1. The first-order chi connectivity index (χ1) is 13.6. The Balaban J connectivity index is 1.33. The van der Waals surface area contributed by atoms with Crippen molar-refractivity contribution in [3.05, 3.63) is 71.3 Å². The summed E-state index contributed by atoms with van der Waals surface area (Å²) in [4.78, 5) is 28.8. The van der Waals surface area contributed by atoms with Crippen molar-refractivity contribution in [2.45, 2.75) is 26.3 Å². The summed E-state index contributed by atoms with van der Waals surface area (Å²) in [5.41, 5.74) is 3.26. The van der Waals surface area contributed by atoms with Gasteiger partial charge in [-0.3, -0.25) is 14.5 Å². The van der Waals surface area contributed by atoms with Crippen LogP contribution in [0.5, 0.6) is 0 Å². The summed E-state index contributed by atoms with van der Waals surface area (Å²) in [5.74, 6) is 0.0991. The third-order valence-electron chi connectivity index (χ3n) is 5.10. The number of aryl methyl sites for hydroxylation is 1. The fourth-order valence-electron chi connectivity index (χ4n) is 3.52. The molecule has 0 bridgehead atoms. The number of hydrogen-bond acceptors (Lipinski definition) is 3. The van der Waals surface area contributed by atoms with E-state index in [0.717, 1.165) is 32.7 Å². The van der Waals surface area contributed by atoms with Gasteiger partial charge in [-0.15, -0.1) is 0 Å². The average molecular weight is 380 g/mol. The number of piperazine rings is 1. The van der Waals surface area contributed by atoms with Crippen LogP contribution in [0.4, 0.5) is 0 Å². The van der Waals surface area contributed by atoms with E-state index < -0.39 is 0 Å². The zero-order valence-electron chi connectivity index (χ0n) is 16.6. The van der Waals surface area contributed by atoms with Crippen molar-refractivity contribution in [1.29, 1.82) is 0 Å². The van der Waals surface area contributed by atoms with Crippen LogP contribution in [0.1, 0.15) is 34.3 Å². The van der Waals surface area contributed by atoms with Crippen LogP contribution >= 0.6 is 0 Å². The van der Waals surface area contributed by atoms with Gasteiger partial charge in [-0.05, 0) is 31.0 Å². The standard InChI is InChI=1S/C23H29N3O2/c1-19-7-5-8-20(17-19)18-25-13-15-26(16-14-25)22(27)11-6-12-24-23(28)21-9-3-2-4-10-21/h2-5,7-10,17H,6,11-16,18H2,1H3,(H,24,28). The minimum absolute atomic E-state index is 0.0854. The second-order valence-corrected chi connectivity index (χ2v) is 7.37. The molecule has 1 aliphatic heterocycles. The third-order valence-corrected chi connectivity index (χ3v) is 5.10. The topological polar surface area (TPSA) is 52.6 Å². The maximum Gasteiger partial charge on any atom is 0.251 e. The van der Waals surface area contributed by atoms with Gasteiger partial charge < -0.3 is 10.2 Å². The Morgan fingerprint density at radius 3 is 2.43 bits per heavy atom. The predicted octanol–water partition coefficient (Wildman–Crippen LogP) is 2.85. The second-order valence-electron chi connectivity index (χ2n) is 7.37. The summed E-state index contributed by atoms with van der Waals surface area (Å²) in [5, 5.41) is 2.88. The number of carbonyl (C=O) groups excluding carboxylic acids is 2. The van der Waals surface area contributed by atoms with Crippen molar-refractivity contribution in [2.75, 3.05) is 32.7 Å². The summed E-state index contributed by atoms with van der Waals surface area (Å²) in [6, 6.07) is 17.7. The Morgan fingerprint density at radius 1 is 0.964 bits per heavy atom. The molecule has 1 heterocycles. The molecule has 148 valence electrons. The van der Waals surface area contributed by atoms with Crippen LogP contribution in [-0.4, -0.2) is 54.3 Å². The molecule has 28 heavy (non-hydrogen) atoms. The van der Waals surface area contributed by atoms with Crippen LogP contribution in [0.15, 0.2) is 54.6 Å². The van der Waals surface area contributed by atoms with Crippen molar-refractivity contribution >= 4 is 11.8 Å². The van der Waals surface area contributed by atoms with Crippen LogP contribution in [0.25, 0.3) is 0 Å². The number of rotatable bonds is 7. The minimum atomic E-state index is -0.0854. The summed E-state index contributed by atoms with van der Waals surface area (Å²) < 4.78 is 0. The highest BCUT2D eigenvalue weighted by atomic mass is 16.2. The molecular weight excluding hydrogens is 350 g/mol. The highest BCUT2D eigenvalue weighted by molar-refractivity contribution is 5.94. The zero-order chi connectivity index (χ0) is 19.8. The van der Waals surface area contributed by atoms with Crippen LogP contribution in [0.2, 0.25) is 0 Å². The first-order valence-corrected chi connectivity index (χ1v) is 10.0. The number of carbonyl (C=O) groups is 2. The lowest BCUT2D eigenvalue weighted by molar-refractivity contribution is -0.133. The summed E-state index contributed by atoms with van der Waals surface area (Å²) >= 11 is 0. The molecule has 5 nitrogen and oxygen atoms in total. The molecule has 0 aliphatic carbocycles. The Hall–Kier alpha value is -2.66. The van der Waals surface area contributed by atoms with Crippen molar-refractivity contribution in [2.24, 2.45) is 0 Å². The van der Waals surface area contributed by atoms with Gasteiger partial charge in [0.2, 0.25) is 5.91 Å². The third kappa shape index (κ3) is 5.92. The van der Waals surface area contributed by atoms with E-state index in [-0.39, 0.29) is 11.8 Å². The number of amides is 2. The van der Waals surface area contributed by atoms with E-state index in [2.05, 4.69) is 41.4 Å². The molecule has 0 atom stereocenters. The molecule has 2 amide bonds. The van der Waals surface area contributed by atoms with Gasteiger partial charge in [-0.25, -0.2) is 0 Å². The van der Waals surface area contributed by atoms with Crippen LogP contribution in [-0.2, 0) is 11.3 Å². The Morgan fingerprint density at radius 2 is 1.71 bits per heavy atom. The van der Waals surface area contributed by atoms with Gasteiger partial charge >= 0.3 is 0 Å². The van der Waals surface area contributed by atoms with Crippen molar-refractivity contribution in [3.8, 4) is 0 Å². The van der Waals surface area contributed by atoms with Crippen molar-refractivity contribution in [1.82, 2.24) is 15.1 Å². The molecule has 0 aromatic heterocycles. The van der Waals surface area contributed by atoms with Gasteiger partial charge in [0.05, 0.1) is 0 Å². The minimum Gasteiger partial charge on any atom is -0.352 e. The maximum absolute atomic E-state index is 12.4. The van der Waals surface area contributed by atoms with E-state index in [0.29, 0.717) is 24.9 Å². The predicted molar refractivity (Wildman–Crippen MR) is 111 cm³/mol. The first-order valence-electron chi connectivity index (χ1n) is 10.0. The largest absolute Gasteiger partial charge is 0.352 e. The molecule has 0 unspecified atom stereocenters. The fourth-order valence-corrected chi connectivity index (χ4v) is 3.52. The van der Waals surface area contributed by atoms with Crippen LogP contribution in [0, 0.1) is 6.92 Å². The number of nitrogens with one attached hydrogen (secondary N) is 1. The van der Waals surface area contributed by atoms with E-state index in [4.69, 9.17) is 0 Å². The van der Waals surface area contributed by atoms with Crippen molar-refractivity contribution in [3.63, 3.8) is 0 Å². The van der Waals surface area contributed by atoms with Crippen LogP contribution < -0.4 is 5.32 Å². The van der Waals surface area contributed by atoms with Gasteiger partial charge in [0.25, 0.3) is 5.91 Å². The second kappa shape index (κ2) is 10.0. The molecule has 0 radical (unpaired) electrons. The maximum atomic E-state index is 12.4. The molecule has 2 aromatic rings. The quantitative estimate of drug-likeness (QED) is 0.753. The smallest absolute Gasteiger partial charge is 0.251 e. The Bertz CT molecular complexity index is 783. The lowest BCUT2D eigenvalue weighted by atomic mass is 10.1. The molecule has 2 aromatic carbocycles. The van der Waals surface area contributed by atoms with Gasteiger partial charge in [0, 0.05) is 51.3 Å². The normalized spacial score (nSPS) is 14.7. The first kappa shape index (κ1) is 20.1. The summed E-state index contributed by atoms with van der Waals surface area (Å²) in [6.45, 7) is 6.95. The molecule has 0 spiro atoms. The Kier molecular flexibility index (Phi) is 7.20. The fraction of sp³-hybridized carbons (Fsp3) is 0.391. The van der Waals surface area contributed by atoms with Gasteiger partial charge in [-0.2, -0.15) is 0 Å². The SMILES string of the molecule is Cc1cccc(CN2CCN(C(=O)CCCNC(=O)c3ccccc3)CC2)c1. The summed E-state index contributed by atoms with van der Waals surface area (Å²) in [6.07, 6.45) is 1.15. The van der Waals surface area contributed by atoms with E-state index in [1.54, 1.807) is 12.1 Å². The van der Waals surface area contributed by atoms with Gasteiger partial charge in [0.1, 0.15) is 0 Å². The molecule has 1 aliphatic rings. The van der Waals surface area contributed by atoms with E-state index in [1.165, 1.54) is 11.1 Å². The van der Waals surface area contributed by atoms with E-state index in [9.17, 15) is 9.59 Å². The monoisotopic (exact) mass is 379 g/mol. The average Bonchev–Trinajstić information content (AvgIpc) is 2.72. The zero-order valence-corrected chi connectivity index (χ0v) is 16.6. The Labute approximate surface area is 167 Å². The molecule has 1 fully saturated rings. The highest BCUT2D eigenvalue weighted by Crippen LogP contribution is 2.11. The number of nitrogens with zero attached hydrogens (tertiary/aromatic N) is 2. The van der Waals surface area contributed by atoms with Crippen LogP contribution in [0.3, 0.4) is 0 Å². The van der Waals surface area contributed by atoms with E-state index >= 15 is 0 Å². The summed E-state index contributed by atoms with van der Waals surface area (Å²) in [7, 11) is 0. The van der Waals surface area contributed by atoms with E-state index in [1.807, 2.05) is 23.1 Å². The lowest BCUT2D eigenvalue weighted by Crippen LogP contribution is -2.48. The van der Waals surface area contributed by atoms with Gasteiger partial charge in [-0.1, -0.05) is 48.0 Å². The highest BCUT2D eigenvalue weighted by Gasteiger charge is 2.20. The molecule has 1 saturated heterocycles.